The Morgan fingerprint density at radius 1 is 0.525 bits per heavy atom. The predicted octanol–water partition coefficient (Wildman–Crippen LogP) is 6.17. The first-order chi connectivity index (χ1) is 29.8. The van der Waals surface area contributed by atoms with Gasteiger partial charge in [-0.1, -0.05) is 136 Å². The van der Waals surface area contributed by atoms with Gasteiger partial charge in [-0.15, -0.1) is 0 Å². The minimum Gasteiger partial charge on any atom is -0.453 e. The van der Waals surface area contributed by atoms with Gasteiger partial charge in [-0.25, -0.2) is 9.59 Å². The van der Waals surface area contributed by atoms with Crippen molar-refractivity contribution in [3.8, 4) is 0 Å². The van der Waals surface area contributed by atoms with E-state index in [1.54, 1.807) is 60.7 Å². The molecule has 2 saturated heterocycles. The van der Waals surface area contributed by atoms with Crippen molar-refractivity contribution in [2.45, 2.75) is 120 Å². The van der Waals surface area contributed by atoms with E-state index >= 15 is 0 Å². The molecule has 0 saturated carbocycles. The molecule has 2 heterocycles. The minimum atomic E-state index is -1.77. The van der Waals surface area contributed by atoms with Gasteiger partial charge in [0.25, 0.3) is 0 Å². The summed E-state index contributed by atoms with van der Waals surface area (Å²) in [6.07, 6.45) is -8.24. The topological polar surface area (TPSA) is 169 Å². The molecular weight excluding hydrogens is 785 g/mol. The van der Waals surface area contributed by atoms with E-state index in [0.717, 1.165) is 49.7 Å². The van der Waals surface area contributed by atoms with E-state index < -0.39 is 73.4 Å². The van der Waals surface area contributed by atoms with Crippen molar-refractivity contribution in [3.63, 3.8) is 0 Å². The zero-order valence-corrected chi connectivity index (χ0v) is 34.5. The second kappa shape index (κ2) is 24.2. The van der Waals surface area contributed by atoms with Gasteiger partial charge < -0.3 is 53.2 Å². The van der Waals surface area contributed by atoms with Gasteiger partial charge in [-0.2, -0.15) is 0 Å². The van der Waals surface area contributed by atoms with Crippen molar-refractivity contribution < 1.29 is 62.8 Å². The maximum absolute atomic E-state index is 13.7. The molecule has 0 unspecified atom stereocenters. The minimum absolute atomic E-state index is 0.121. The van der Waals surface area contributed by atoms with Crippen LogP contribution in [0.2, 0.25) is 0 Å². The van der Waals surface area contributed by atoms with E-state index in [4.69, 9.17) is 37.9 Å². The number of carbonyl (C=O) groups excluding carboxylic acids is 2. The number of ether oxygens (including phenoxy) is 8. The van der Waals surface area contributed by atoms with Crippen LogP contribution in [0.1, 0.15) is 77.3 Å². The lowest BCUT2D eigenvalue weighted by Gasteiger charge is -2.47. The highest BCUT2D eigenvalue weighted by Crippen LogP contribution is 2.33. The summed E-state index contributed by atoms with van der Waals surface area (Å²) in [6, 6.07) is 35.3. The summed E-state index contributed by atoms with van der Waals surface area (Å²) >= 11 is 0. The number of hydrogen-bond acceptors (Lipinski definition) is 13. The first kappa shape index (κ1) is 46.0. The summed E-state index contributed by atoms with van der Waals surface area (Å²) in [5.74, 6) is -1.54. The Balaban J connectivity index is 1.27. The fraction of sp³-hybridized carbons (Fsp3) is 0.458. The Bertz CT molecular complexity index is 1850. The molecule has 2 aliphatic rings. The number of benzene rings is 4. The van der Waals surface area contributed by atoms with Gasteiger partial charge >= 0.3 is 11.9 Å². The third-order valence-corrected chi connectivity index (χ3v) is 10.6. The predicted molar refractivity (Wildman–Crippen MR) is 223 cm³/mol. The molecule has 328 valence electrons. The van der Waals surface area contributed by atoms with E-state index in [1.165, 1.54) is 0 Å². The summed E-state index contributed by atoms with van der Waals surface area (Å²) in [4.78, 5) is 27.1. The zero-order chi connectivity index (χ0) is 42.8. The first-order valence-corrected chi connectivity index (χ1v) is 21.2. The van der Waals surface area contributed by atoms with Gasteiger partial charge in [0.15, 0.2) is 24.8 Å². The molecule has 0 bridgehead atoms. The third-order valence-electron chi connectivity index (χ3n) is 10.6. The number of unbranched alkanes of at least 4 members (excludes halogenated alkanes) is 5. The molecule has 2 aliphatic heterocycles. The van der Waals surface area contributed by atoms with E-state index in [-0.39, 0.29) is 44.2 Å². The molecule has 3 N–H and O–H groups in total. The van der Waals surface area contributed by atoms with Crippen LogP contribution >= 0.6 is 0 Å². The van der Waals surface area contributed by atoms with Crippen molar-refractivity contribution in [1.29, 1.82) is 0 Å². The number of aliphatic hydroxyl groups is 3. The van der Waals surface area contributed by atoms with E-state index in [2.05, 4.69) is 6.92 Å². The van der Waals surface area contributed by atoms with E-state index in [0.29, 0.717) is 0 Å². The summed E-state index contributed by atoms with van der Waals surface area (Å²) in [5.41, 5.74) is 2.18. The van der Waals surface area contributed by atoms with Crippen molar-refractivity contribution in [3.05, 3.63) is 144 Å². The molecule has 10 atom stereocenters. The van der Waals surface area contributed by atoms with Gasteiger partial charge in [0.05, 0.1) is 37.6 Å². The van der Waals surface area contributed by atoms with Crippen LogP contribution in [0.4, 0.5) is 0 Å². The van der Waals surface area contributed by atoms with Gasteiger partial charge in [0.2, 0.25) is 0 Å². The van der Waals surface area contributed by atoms with Crippen LogP contribution in [0.25, 0.3) is 0 Å². The zero-order valence-electron chi connectivity index (χ0n) is 34.5. The Labute approximate surface area is 357 Å². The van der Waals surface area contributed by atoms with Crippen LogP contribution in [-0.2, 0) is 51.1 Å². The number of aliphatic hydroxyl groups excluding tert-OH is 3. The van der Waals surface area contributed by atoms with Crippen molar-refractivity contribution in [1.82, 2.24) is 0 Å². The highest BCUT2D eigenvalue weighted by molar-refractivity contribution is 5.90. The molecule has 0 spiro atoms. The van der Waals surface area contributed by atoms with Crippen LogP contribution in [0.5, 0.6) is 0 Å². The Morgan fingerprint density at radius 3 is 1.54 bits per heavy atom. The Kier molecular flexibility index (Phi) is 18.2. The quantitative estimate of drug-likeness (QED) is 0.0608. The molecule has 0 radical (unpaired) electrons. The molecule has 4 aromatic rings. The normalized spacial score (nSPS) is 26.4. The maximum atomic E-state index is 13.7. The lowest BCUT2D eigenvalue weighted by atomic mass is 9.96. The van der Waals surface area contributed by atoms with Gasteiger partial charge in [0.1, 0.15) is 36.6 Å². The summed E-state index contributed by atoms with van der Waals surface area (Å²) in [7, 11) is 0. The standard InChI is InChI=1S/C48H58O13/c1-2-3-4-5-6-19-28-56-47-41(51)44(60-46(53)36-26-17-10-18-27-36)42(38(58-47)32-55-30-34-22-13-8-14-23-34)61-48-40(50)43(59-45(52)35-24-15-9-16-25-35)39(49)37(57-48)31-54-29-33-20-11-7-12-21-33/h7-18,20-27,37-44,47-51H,2-6,19,28-32H2,1H3/t37-,38-,39-,40+,41+,42-,43+,44-,47+,48-/m1/s1. The molecular formula is C48H58O13. The van der Waals surface area contributed by atoms with E-state index in [1.807, 2.05) is 60.7 Å². The smallest absolute Gasteiger partial charge is 0.338 e. The fourth-order valence-electron chi connectivity index (χ4n) is 7.26. The number of carbonyl (C=O) groups is 2. The van der Waals surface area contributed by atoms with E-state index in [9.17, 15) is 24.9 Å². The van der Waals surface area contributed by atoms with Crippen molar-refractivity contribution in [2.75, 3.05) is 19.8 Å². The average Bonchev–Trinajstić information content (AvgIpc) is 3.29. The summed E-state index contributed by atoms with van der Waals surface area (Å²) in [6.45, 7) is 2.50. The molecule has 6 rings (SSSR count). The number of rotatable bonds is 22. The molecule has 0 aliphatic carbocycles. The van der Waals surface area contributed by atoms with Gasteiger partial charge in [-0.3, -0.25) is 0 Å². The number of hydrogen-bond donors (Lipinski definition) is 3. The van der Waals surface area contributed by atoms with Crippen molar-refractivity contribution >= 4 is 11.9 Å². The average molecular weight is 843 g/mol. The molecule has 4 aromatic carbocycles. The molecule has 0 aromatic heterocycles. The number of esters is 2. The monoisotopic (exact) mass is 842 g/mol. The van der Waals surface area contributed by atoms with Crippen LogP contribution in [0.3, 0.4) is 0 Å². The van der Waals surface area contributed by atoms with Crippen LogP contribution in [-0.4, -0.2) is 108 Å². The molecule has 2 fully saturated rings. The maximum Gasteiger partial charge on any atom is 0.338 e. The first-order valence-electron chi connectivity index (χ1n) is 21.2. The Morgan fingerprint density at radius 2 is 0.984 bits per heavy atom. The highest BCUT2D eigenvalue weighted by Gasteiger charge is 2.54. The molecule has 13 heteroatoms. The summed E-state index contributed by atoms with van der Waals surface area (Å²) in [5, 5.41) is 35.3. The van der Waals surface area contributed by atoms with Crippen LogP contribution in [0.15, 0.2) is 121 Å². The van der Waals surface area contributed by atoms with Gasteiger partial charge in [-0.05, 0) is 41.8 Å². The Hall–Kier alpha value is -4.54. The largest absolute Gasteiger partial charge is 0.453 e. The second-order valence-corrected chi connectivity index (χ2v) is 15.3. The van der Waals surface area contributed by atoms with Crippen molar-refractivity contribution in [2.24, 2.45) is 0 Å². The van der Waals surface area contributed by atoms with Crippen LogP contribution < -0.4 is 0 Å². The SMILES string of the molecule is CCCCCCCCO[C@H]1O[C@H](COCc2ccccc2)[C@@H](O[C@H]2O[C@H](COCc3ccccc3)[C@@H](O)[C@H](OC(=O)c3ccccc3)[C@@H]2O)[C@H](OC(=O)c2ccccc2)[C@@H]1O. The molecule has 61 heavy (non-hydrogen) atoms. The fourth-order valence-corrected chi connectivity index (χ4v) is 7.26. The second-order valence-electron chi connectivity index (χ2n) is 15.3. The molecule has 13 nitrogen and oxygen atoms in total. The highest BCUT2D eigenvalue weighted by atomic mass is 16.8. The lowest BCUT2D eigenvalue weighted by molar-refractivity contribution is -0.360. The van der Waals surface area contributed by atoms with Gasteiger partial charge in [0, 0.05) is 6.61 Å². The van der Waals surface area contributed by atoms with Crippen LogP contribution in [0, 0.1) is 0 Å². The lowest BCUT2D eigenvalue weighted by Crippen LogP contribution is -2.66. The molecule has 0 amide bonds. The summed E-state index contributed by atoms with van der Waals surface area (Å²) < 4.78 is 49.2. The third kappa shape index (κ3) is 13.5.